The van der Waals surface area contributed by atoms with E-state index >= 15 is 0 Å². The van der Waals surface area contributed by atoms with Gasteiger partial charge in [-0.15, -0.1) is 0 Å². The van der Waals surface area contributed by atoms with E-state index in [1.54, 1.807) is 36.4 Å². The van der Waals surface area contributed by atoms with Crippen molar-refractivity contribution < 1.29 is 29.3 Å². The molecule has 0 aliphatic carbocycles. The summed E-state index contributed by atoms with van der Waals surface area (Å²) in [5.41, 5.74) is 0.462. The number of carboxylic acids is 1. The van der Waals surface area contributed by atoms with E-state index < -0.39 is 17.8 Å². The lowest BCUT2D eigenvalue weighted by Crippen LogP contribution is -2.31. The number of ether oxygens (including phenoxy) is 1. The maximum Gasteiger partial charge on any atom is 0.337 e. The largest absolute Gasteiger partial charge is 0.478 e. The number of nitrogens with one attached hydrogen (secondary N) is 1. The average molecular weight is 463 g/mol. The number of rotatable bonds is 8. The molecule has 3 rings (SSSR count). The van der Waals surface area contributed by atoms with E-state index in [1.165, 1.54) is 29.8 Å². The maximum atomic E-state index is 12.6. The molecule has 2 aromatic carbocycles. The lowest BCUT2D eigenvalue weighted by molar-refractivity contribution is -0.136. The monoisotopic (exact) mass is 462 g/mol. The number of anilines is 1. The third-order valence-corrected chi connectivity index (χ3v) is 5.81. The molecule has 0 atom stereocenters. The number of carboxylic acid groups (broad SMARTS) is 1. The van der Waals surface area contributed by atoms with Gasteiger partial charge in [-0.25, -0.2) is 9.59 Å². The Morgan fingerprint density at radius 1 is 1.23 bits per heavy atom. The molecule has 0 saturated carbocycles. The Morgan fingerprint density at radius 3 is 2.55 bits per heavy atom. The molecule has 31 heavy (non-hydrogen) atoms. The molecule has 1 aliphatic heterocycles. The summed E-state index contributed by atoms with van der Waals surface area (Å²) in [7, 11) is 1.21. The number of hydrogen-bond donors (Lipinski definition) is 3. The second-order valence-corrected chi connectivity index (χ2v) is 8.04. The molecular formula is C21H19ClN2O6S. The van der Waals surface area contributed by atoms with Gasteiger partial charge in [-0.1, -0.05) is 23.4 Å². The zero-order valence-electron chi connectivity index (χ0n) is 16.4. The number of aliphatic hydroxyl groups is 1. The van der Waals surface area contributed by atoms with Crippen LogP contribution in [0.2, 0.25) is 5.02 Å². The van der Waals surface area contributed by atoms with E-state index in [-0.39, 0.29) is 36.5 Å². The van der Waals surface area contributed by atoms with Crippen LogP contribution in [0.15, 0.2) is 63.5 Å². The van der Waals surface area contributed by atoms with Gasteiger partial charge >= 0.3 is 11.9 Å². The molecule has 0 bridgehead atoms. The minimum absolute atomic E-state index is 0.00487. The van der Waals surface area contributed by atoms with Crippen molar-refractivity contribution >= 4 is 46.9 Å². The molecule has 0 saturated heterocycles. The zero-order valence-corrected chi connectivity index (χ0v) is 18.0. The number of β-amino-alcohol motifs (C(OH)–C–C–N with tert-alkyl or cyclic N) is 1. The van der Waals surface area contributed by atoms with Gasteiger partial charge in [-0.05, 0) is 42.5 Å². The van der Waals surface area contributed by atoms with E-state index in [4.69, 9.17) is 21.4 Å². The van der Waals surface area contributed by atoms with Crippen molar-refractivity contribution in [3.8, 4) is 0 Å². The molecule has 0 spiro atoms. The van der Waals surface area contributed by atoms with E-state index in [0.29, 0.717) is 15.6 Å². The van der Waals surface area contributed by atoms with E-state index in [2.05, 4.69) is 5.32 Å². The highest BCUT2D eigenvalue weighted by Gasteiger charge is 2.34. The summed E-state index contributed by atoms with van der Waals surface area (Å²) in [5.74, 6) is -2.29. The van der Waals surface area contributed by atoms with Crippen LogP contribution in [0.25, 0.3) is 0 Å². The highest BCUT2D eigenvalue weighted by atomic mass is 35.5. The second-order valence-electron chi connectivity index (χ2n) is 6.49. The minimum atomic E-state index is -1.14. The van der Waals surface area contributed by atoms with Crippen LogP contribution in [-0.2, 0) is 14.3 Å². The maximum absolute atomic E-state index is 12.6. The lowest BCUT2D eigenvalue weighted by Gasteiger charge is -2.15. The number of methoxy groups -OCH3 is 1. The first-order valence-electron chi connectivity index (χ1n) is 9.13. The number of hydrogen-bond acceptors (Lipinski definition) is 7. The number of amides is 1. The molecule has 1 heterocycles. The van der Waals surface area contributed by atoms with E-state index in [1.807, 2.05) is 0 Å². The fraction of sp³-hybridized carbons (Fsp3) is 0.190. The van der Waals surface area contributed by atoms with Crippen molar-refractivity contribution in [3.63, 3.8) is 0 Å². The van der Waals surface area contributed by atoms with Crippen LogP contribution in [0.1, 0.15) is 10.4 Å². The molecule has 10 heteroatoms. The third kappa shape index (κ3) is 5.19. The standard InChI is InChI=1S/C21H19ClN2O6S/c1-30-21(29)16-11-24(8-9-25)19(26)18(16)23-13-4-7-17(15(10-13)20(27)28)31-14-5-2-12(22)3-6-14/h2-7,10,23,25H,8-9,11H2,1H3,(H,27,28). The van der Waals surface area contributed by atoms with Gasteiger partial charge in [0, 0.05) is 27.0 Å². The van der Waals surface area contributed by atoms with E-state index in [9.17, 15) is 19.5 Å². The molecular weight excluding hydrogens is 444 g/mol. The van der Waals surface area contributed by atoms with Crippen molar-refractivity contribution in [1.82, 2.24) is 4.90 Å². The van der Waals surface area contributed by atoms with Gasteiger partial charge in [0.05, 0.1) is 31.4 Å². The van der Waals surface area contributed by atoms with Crippen molar-refractivity contribution in [2.75, 3.05) is 32.1 Å². The fourth-order valence-electron chi connectivity index (χ4n) is 2.99. The Bertz CT molecular complexity index is 1050. The number of esters is 1. The summed E-state index contributed by atoms with van der Waals surface area (Å²) < 4.78 is 4.75. The van der Waals surface area contributed by atoms with E-state index in [0.717, 1.165) is 4.90 Å². The first kappa shape index (κ1) is 22.7. The first-order valence-corrected chi connectivity index (χ1v) is 10.3. The van der Waals surface area contributed by atoms with Crippen molar-refractivity contribution in [1.29, 1.82) is 0 Å². The molecule has 1 amide bonds. The Labute approximate surface area is 187 Å². The van der Waals surface area contributed by atoms with Gasteiger partial charge in [0.15, 0.2) is 0 Å². The van der Waals surface area contributed by atoms with Gasteiger partial charge in [-0.3, -0.25) is 4.79 Å². The number of benzene rings is 2. The van der Waals surface area contributed by atoms with Crippen LogP contribution in [0.3, 0.4) is 0 Å². The molecule has 1 aliphatic rings. The van der Waals surface area contributed by atoms with Crippen molar-refractivity contribution in [3.05, 3.63) is 64.3 Å². The normalized spacial score (nSPS) is 13.5. The molecule has 3 N–H and O–H groups in total. The predicted molar refractivity (Wildman–Crippen MR) is 115 cm³/mol. The summed E-state index contributed by atoms with van der Waals surface area (Å²) in [6.45, 7) is -0.209. The second kappa shape index (κ2) is 9.86. The third-order valence-electron chi connectivity index (χ3n) is 4.47. The molecule has 2 aromatic rings. The molecule has 0 unspecified atom stereocenters. The number of aliphatic hydroxyl groups excluding tert-OH is 1. The summed E-state index contributed by atoms with van der Waals surface area (Å²) in [6.07, 6.45) is 0. The van der Waals surface area contributed by atoms with Gasteiger partial charge < -0.3 is 25.2 Å². The fourth-order valence-corrected chi connectivity index (χ4v) is 4.03. The Balaban J connectivity index is 1.91. The number of carbonyl (C=O) groups is 3. The molecule has 0 fully saturated rings. The topological polar surface area (TPSA) is 116 Å². The van der Waals surface area contributed by atoms with Crippen molar-refractivity contribution in [2.24, 2.45) is 0 Å². The first-order chi connectivity index (χ1) is 14.8. The van der Waals surface area contributed by atoms with Gasteiger partial charge in [-0.2, -0.15) is 0 Å². The number of aromatic carboxylic acids is 1. The van der Waals surface area contributed by atoms with Crippen LogP contribution in [0, 0.1) is 0 Å². The molecule has 0 aromatic heterocycles. The van der Waals surface area contributed by atoms with Crippen LogP contribution in [0.4, 0.5) is 5.69 Å². The Morgan fingerprint density at radius 2 is 1.94 bits per heavy atom. The van der Waals surface area contributed by atoms with Gasteiger partial charge in [0.1, 0.15) is 5.70 Å². The van der Waals surface area contributed by atoms with Crippen LogP contribution in [0.5, 0.6) is 0 Å². The summed E-state index contributed by atoms with van der Waals surface area (Å²) >= 11 is 7.15. The Kier molecular flexibility index (Phi) is 7.21. The summed E-state index contributed by atoms with van der Waals surface area (Å²) in [4.78, 5) is 39.2. The van der Waals surface area contributed by atoms with Crippen molar-refractivity contribution in [2.45, 2.75) is 9.79 Å². The molecule has 162 valence electrons. The quantitative estimate of drug-likeness (QED) is 0.513. The summed E-state index contributed by atoms with van der Waals surface area (Å²) in [6, 6.07) is 11.6. The Hall–Kier alpha value is -3.01. The number of halogens is 1. The lowest BCUT2D eigenvalue weighted by atomic mass is 10.1. The van der Waals surface area contributed by atoms with Crippen LogP contribution < -0.4 is 5.32 Å². The summed E-state index contributed by atoms with van der Waals surface area (Å²) in [5, 5.41) is 22.2. The molecule has 8 nitrogen and oxygen atoms in total. The van der Waals surface area contributed by atoms with Crippen LogP contribution in [-0.4, -0.2) is 59.8 Å². The number of carbonyl (C=O) groups excluding carboxylic acids is 2. The highest BCUT2D eigenvalue weighted by Crippen LogP contribution is 2.33. The zero-order chi connectivity index (χ0) is 22.5. The average Bonchev–Trinajstić information content (AvgIpc) is 3.06. The predicted octanol–water partition coefficient (Wildman–Crippen LogP) is 2.86. The molecule has 0 radical (unpaired) electrons. The van der Waals surface area contributed by atoms with Gasteiger partial charge in [0.25, 0.3) is 5.91 Å². The van der Waals surface area contributed by atoms with Crippen LogP contribution >= 0.6 is 23.4 Å². The SMILES string of the molecule is COC(=O)C1=C(Nc2ccc(Sc3ccc(Cl)cc3)c(C(=O)O)c2)C(=O)N(CCO)C1. The minimum Gasteiger partial charge on any atom is -0.478 e. The smallest absolute Gasteiger partial charge is 0.337 e. The number of nitrogens with zero attached hydrogens (tertiary/aromatic N) is 1. The highest BCUT2D eigenvalue weighted by molar-refractivity contribution is 7.99. The van der Waals surface area contributed by atoms with Gasteiger partial charge in [0.2, 0.25) is 0 Å².